The van der Waals surface area contributed by atoms with E-state index in [0.717, 1.165) is 32.9 Å². The van der Waals surface area contributed by atoms with Crippen LogP contribution in [0.3, 0.4) is 0 Å². The molecule has 1 heteroatoms. The normalized spacial score (nSPS) is 12.0. The van der Waals surface area contributed by atoms with Crippen LogP contribution in [-0.4, -0.2) is 0 Å². The molecule has 1 aromatic heterocycles. The molecule has 0 bridgehead atoms. The van der Waals surface area contributed by atoms with Gasteiger partial charge >= 0.3 is 0 Å². The number of aryl methyl sites for hydroxylation is 2. The number of rotatable bonds is 3. The molecule has 12 aromatic rings. The van der Waals surface area contributed by atoms with E-state index in [1.807, 2.05) is 0 Å². The van der Waals surface area contributed by atoms with Gasteiger partial charge in [0.05, 0.1) is 0 Å². The van der Waals surface area contributed by atoms with Crippen molar-refractivity contribution >= 4 is 86.6 Å². The van der Waals surface area contributed by atoms with Gasteiger partial charge in [0.1, 0.15) is 11.2 Å². The minimum atomic E-state index is 0.903. The van der Waals surface area contributed by atoms with Gasteiger partial charge < -0.3 is 4.42 Å². The summed E-state index contributed by atoms with van der Waals surface area (Å²) in [4.78, 5) is 0. The first-order chi connectivity index (χ1) is 28.1. The minimum absolute atomic E-state index is 0.903. The van der Waals surface area contributed by atoms with Crippen LogP contribution in [0.5, 0.6) is 0 Å². The Bertz CT molecular complexity index is 3580. The Morgan fingerprint density at radius 2 is 0.789 bits per heavy atom. The first kappa shape index (κ1) is 32.1. The summed E-state index contributed by atoms with van der Waals surface area (Å²) in [7, 11) is 0. The van der Waals surface area contributed by atoms with Crippen LogP contribution in [-0.2, 0) is 0 Å². The summed E-state index contributed by atoms with van der Waals surface area (Å²) in [6.45, 7) is 4.36. The van der Waals surface area contributed by atoms with E-state index in [0.29, 0.717) is 0 Å². The maximum absolute atomic E-state index is 6.84. The Labute approximate surface area is 330 Å². The number of fused-ring (bicyclic) bond motifs is 11. The van der Waals surface area contributed by atoms with Gasteiger partial charge in [-0.3, -0.25) is 0 Å². The quantitative estimate of drug-likeness (QED) is 0.131. The molecule has 1 nitrogen and oxygen atoms in total. The Morgan fingerprint density at radius 1 is 0.281 bits per heavy atom. The lowest BCUT2D eigenvalue weighted by Crippen LogP contribution is -1.93. The standard InChI is InChI=1S/C56H36O/c1-33-27-34(2)29-39(28-33)36-20-22-43-40(30-36)31-37-12-4-6-14-42(37)54(43)55-48-17-9-7-15-46(48)53(47-16-8-10-18-49(47)55)38-21-23-45-51-26-25-44-41-13-5-3-11-35(41)19-24-50(44)56(51)57-52(45)32-38/h3-32H,1-2H3. The van der Waals surface area contributed by atoms with Crippen molar-refractivity contribution < 1.29 is 4.42 Å². The van der Waals surface area contributed by atoms with Crippen LogP contribution in [0.1, 0.15) is 11.1 Å². The molecule has 0 aliphatic carbocycles. The zero-order chi connectivity index (χ0) is 37.8. The van der Waals surface area contributed by atoms with Crippen molar-refractivity contribution in [3.63, 3.8) is 0 Å². The summed E-state index contributed by atoms with van der Waals surface area (Å²) in [5.41, 5.74) is 11.8. The van der Waals surface area contributed by atoms with Crippen LogP contribution in [0, 0.1) is 13.8 Å². The fourth-order valence-electron chi connectivity index (χ4n) is 9.85. The third kappa shape index (κ3) is 4.82. The lowest BCUT2D eigenvalue weighted by atomic mass is 9.82. The van der Waals surface area contributed by atoms with Gasteiger partial charge in [-0.1, -0.05) is 157 Å². The van der Waals surface area contributed by atoms with Gasteiger partial charge in [0.25, 0.3) is 0 Å². The van der Waals surface area contributed by atoms with Gasteiger partial charge in [-0.25, -0.2) is 0 Å². The van der Waals surface area contributed by atoms with Crippen LogP contribution in [0.15, 0.2) is 186 Å². The molecule has 0 amide bonds. The molecular formula is C56H36O. The molecule has 0 aliphatic rings. The maximum Gasteiger partial charge on any atom is 0.143 e. The monoisotopic (exact) mass is 724 g/mol. The molecule has 57 heavy (non-hydrogen) atoms. The largest absolute Gasteiger partial charge is 0.455 e. The first-order valence-electron chi connectivity index (χ1n) is 19.8. The third-order valence-corrected chi connectivity index (χ3v) is 12.2. The van der Waals surface area contributed by atoms with Gasteiger partial charge in [-0.15, -0.1) is 0 Å². The molecule has 1 heterocycles. The van der Waals surface area contributed by atoms with Crippen molar-refractivity contribution in [3.05, 3.63) is 193 Å². The van der Waals surface area contributed by atoms with Crippen LogP contribution in [0.25, 0.3) is 120 Å². The molecule has 0 unspecified atom stereocenters. The predicted octanol–water partition coefficient (Wildman–Crippen LogP) is 16.1. The molecule has 0 fully saturated rings. The predicted molar refractivity (Wildman–Crippen MR) is 245 cm³/mol. The van der Waals surface area contributed by atoms with Gasteiger partial charge in [-0.05, 0) is 143 Å². The summed E-state index contributed by atoms with van der Waals surface area (Å²) < 4.78 is 6.84. The van der Waals surface area contributed by atoms with E-state index < -0.39 is 0 Å². The van der Waals surface area contributed by atoms with Gasteiger partial charge in [-0.2, -0.15) is 0 Å². The second kappa shape index (κ2) is 12.1. The van der Waals surface area contributed by atoms with Gasteiger partial charge in [0.2, 0.25) is 0 Å². The topological polar surface area (TPSA) is 13.1 Å². The van der Waals surface area contributed by atoms with Crippen LogP contribution in [0.4, 0.5) is 0 Å². The summed E-state index contributed by atoms with van der Waals surface area (Å²) in [6.07, 6.45) is 0. The van der Waals surface area contributed by atoms with E-state index in [1.54, 1.807) is 0 Å². The molecule has 0 N–H and O–H groups in total. The zero-order valence-corrected chi connectivity index (χ0v) is 31.7. The molecular weight excluding hydrogens is 689 g/mol. The molecule has 266 valence electrons. The van der Waals surface area contributed by atoms with E-state index in [4.69, 9.17) is 4.42 Å². The second-order valence-electron chi connectivity index (χ2n) is 15.8. The highest BCUT2D eigenvalue weighted by molar-refractivity contribution is 6.28. The van der Waals surface area contributed by atoms with E-state index in [9.17, 15) is 0 Å². The van der Waals surface area contributed by atoms with Crippen molar-refractivity contribution in [1.82, 2.24) is 0 Å². The number of benzene rings is 11. The fraction of sp³-hybridized carbons (Fsp3) is 0.0357. The molecule has 0 spiro atoms. The van der Waals surface area contributed by atoms with E-state index in [1.165, 1.54) is 98.2 Å². The van der Waals surface area contributed by atoms with Gasteiger partial charge in [0.15, 0.2) is 0 Å². The highest BCUT2D eigenvalue weighted by Gasteiger charge is 2.21. The lowest BCUT2D eigenvalue weighted by Gasteiger charge is -2.20. The van der Waals surface area contributed by atoms with Crippen molar-refractivity contribution in [2.24, 2.45) is 0 Å². The number of hydrogen-bond donors (Lipinski definition) is 0. The molecule has 0 saturated heterocycles. The van der Waals surface area contributed by atoms with Crippen LogP contribution >= 0.6 is 0 Å². The molecule has 0 aliphatic heterocycles. The molecule has 11 aromatic carbocycles. The summed E-state index contributed by atoms with van der Waals surface area (Å²) in [6, 6.07) is 67.4. The molecule has 0 saturated carbocycles. The van der Waals surface area contributed by atoms with E-state index in [-0.39, 0.29) is 0 Å². The zero-order valence-electron chi connectivity index (χ0n) is 31.7. The van der Waals surface area contributed by atoms with Crippen LogP contribution in [0.2, 0.25) is 0 Å². The Morgan fingerprint density at radius 3 is 1.53 bits per heavy atom. The number of hydrogen-bond acceptors (Lipinski definition) is 1. The molecule has 0 radical (unpaired) electrons. The summed E-state index contributed by atoms with van der Waals surface area (Å²) in [5, 5.41) is 17.1. The van der Waals surface area contributed by atoms with Crippen molar-refractivity contribution in [2.75, 3.05) is 0 Å². The average molecular weight is 725 g/mol. The molecule has 0 atom stereocenters. The Kier molecular flexibility index (Phi) is 6.83. The summed E-state index contributed by atoms with van der Waals surface area (Å²) in [5.74, 6) is 0. The first-order valence-corrected chi connectivity index (χ1v) is 19.8. The lowest BCUT2D eigenvalue weighted by molar-refractivity contribution is 0.673. The highest BCUT2D eigenvalue weighted by Crippen LogP contribution is 2.49. The fourth-order valence-corrected chi connectivity index (χ4v) is 9.85. The third-order valence-electron chi connectivity index (χ3n) is 12.2. The Balaban J connectivity index is 1.12. The molecule has 12 rings (SSSR count). The van der Waals surface area contributed by atoms with E-state index in [2.05, 4.69) is 196 Å². The smallest absolute Gasteiger partial charge is 0.143 e. The average Bonchev–Trinajstić information content (AvgIpc) is 3.62. The van der Waals surface area contributed by atoms with Crippen LogP contribution < -0.4 is 0 Å². The van der Waals surface area contributed by atoms with Crippen molar-refractivity contribution in [2.45, 2.75) is 13.8 Å². The van der Waals surface area contributed by atoms with Gasteiger partial charge in [0, 0.05) is 16.2 Å². The minimum Gasteiger partial charge on any atom is -0.455 e. The van der Waals surface area contributed by atoms with Crippen molar-refractivity contribution in [3.8, 4) is 33.4 Å². The number of furan rings is 1. The summed E-state index contributed by atoms with van der Waals surface area (Å²) >= 11 is 0. The highest BCUT2D eigenvalue weighted by atomic mass is 16.3. The van der Waals surface area contributed by atoms with Crippen molar-refractivity contribution in [1.29, 1.82) is 0 Å². The van der Waals surface area contributed by atoms with E-state index >= 15 is 0 Å². The second-order valence-corrected chi connectivity index (χ2v) is 15.8. The SMILES string of the molecule is Cc1cc(C)cc(-c2ccc3c(-c4c5ccccc5c(-c5ccc6c(c5)oc5c6ccc6c7ccccc7ccc65)c5ccccc45)c4ccccc4cc3c2)c1. The maximum atomic E-state index is 6.84. The Hall–Kier alpha value is -7.22.